The van der Waals surface area contributed by atoms with Crippen LogP contribution in [0.2, 0.25) is 0 Å². The maximum absolute atomic E-state index is 13.0. The third-order valence-corrected chi connectivity index (χ3v) is 5.42. The fourth-order valence-electron chi connectivity index (χ4n) is 2.77. The van der Waals surface area contributed by atoms with Gasteiger partial charge in [0.2, 0.25) is 5.91 Å². The molecule has 1 N–H and O–H groups in total. The lowest BCUT2D eigenvalue weighted by Gasteiger charge is -2.09. The van der Waals surface area contributed by atoms with Gasteiger partial charge in [0.1, 0.15) is 0 Å². The molecule has 0 aliphatic heterocycles. The summed E-state index contributed by atoms with van der Waals surface area (Å²) in [6.07, 6.45) is 0. The Morgan fingerprint density at radius 3 is 2.44 bits per heavy atom. The zero-order valence-electron chi connectivity index (χ0n) is 15.6. The third-order valence-electron chi connectivity index (χ3n) is 4.39. The van der Waals surface area contributed by atoms with E-state index in [1.165, 1.54) is 20.9 Å². The highest BCUT2D eigenvalue weighted by Crippen LogP contribution is 2.19. The van der Waals surface area contributed by atoms with Crippen LogP contribution < -0.4 is 16.6 Å². The van der Waals surface area contributed by atoms with E-state index < -0.39 is 11.2 Å². The number of imidazole rings is 1. The van der Waals surface area contributed by atoms with E-state index in [0.717, 1.165) is 11.1 Å². The van der Waals surface area contributed by atoms with Crippen molar-refractivity contribution >= 4 is 28.8 Å². The zero-order chi connectivity index (χ0) is 19.7. The van der Waals surface area contributed by atoms with Crippen molar-refractivity contribution in [2.45, 2.75) is 18.6 Å². The van der Waals surface area contributed by atoms with Gasteiger partial charge in [-0.2, -0.15) is 0 Å². The smallest absolute Gasteiger partial charge is 0.332 e. The SMILES string of the molecule is CNC(=O)CSc1nc2c(c(=O)n(Cc3ccc(C)cc3)c(=O)n2C)n1C. The molecule has 0 bridgehead atoms. The maximum atomic E-state index is 13.0. The number of benzene rings is 1. The molecule has 142 valence electrons. The first-order valence-corrected chi connectivity index (χ1v) is 9.37. The third kappa shape index (κ3) is 3.55. The highest BCUT2D eigenvalue weighted by molar-refractivity contribution is 7.99. The summed E-state index contributed by atoms with van der Waals surface area (Å²) in [7, 11) is 4.87. The quantitative estimate of drug-likeness (QED) is 0.649. The first-order valence-electron chi connectivity index (χ1n) is 8.38. The molecule has 2 aromatic heterocycles. The average Bonchev–Trinajstić information content (AvgIpc) is 2.99. The summed E-state index contributed by atoms with van der Waals surface area (Å²) in [5.41, 5.74) is 1.81. The van der Waals surface area contributed by atoms with Gasteiger partial charge in [-0.25, -0.2) is 9.78 Å². The van der Waals surface area contributed by atoms with Crippen molar-refractivity contribution in [1.29, 1.82) is 0 Å². The number of carbonyl (C=O) groups is 1. The normalized spacial score (nSPS) is 11.1. The zero-order valence-corrected chi connectivity index (χ0v) is 16.5. The molecule has 0 unspecified atom stereocenters. The summed E-state index contributed by atoms with van der Waals surface area (Å²) in [5.74, 6) is 0.0387. The number of nitrogens with one attached hydrogen (secondary N) is 1. The Morgan fingerprint density at radius 2 is 1.81 bits per heavy atom. The van der Waals surface area contributed by atoms with Gasteiger partial charge >= 0.3 is 5.69 Å². The first kappa shape index (κ1) is 19.0. The van der Waals surface area contributed by atoms with Gasteiger partial charge in [-0.3, -0.25) is 18.7 Å². The van der Waals surface area contributed by atoms with Gasteiger partial charge < -0.3 is 9.88 Å². The number of hydrogen-bond acceptors (Lipinski definition) is 5. The van der Waals surface area contributed by atoms with Crippen LogP contribution in [0.25, 0.3) is 11.2 Å². The van der Waals surface area contributed by atoms with E-state index in [9.17, 15) is 14.4 Å². The summed E-state index contributed by atoms with van der Waals surface area (Å²) in [5, 5.41) is 3.05. The van der Waals surface area contributed by atoms with Crippen LogP contribution in [0.15, 0.2) is 39.0 Å². The van der Waals surface area contributed by atoms with Crippen LogP contribution >= 0.6 is 11.8 Å². The van der Waals surface area contributed by atoms with Crippen LogP contribution in [0.1, 0.15) is 11.1 Å². The van der Waals surface area contributed by atoms with Crippen molar-refractivity contribution in [1.82, 2.24) is 24.0 Å². The van der Waals surface area contributed by atoms with Gasteiger partial charge in [0, 0.05) is 21.1 Å². The maximum Gasteiger partial charge on any atom is 0.332 e. The molecule has 0 aliphatic carbocycles. The Hall–Kier alpha value is -2.81. The molecule has 1 amide bonds. The van der Waals surface area contributed by atoms with E-state index in [4.69, 9.17) is 0 Å². The van der Waals surface area contributed by atoms with E-state index in [-0.39, 0.29) is 18.2 Å². The molecule has 1 aromatic carbocycles. The van der Waals surface area contributed by atoms with E-state index in [2.05, 4.69) is 10.3 Å². The van der Waals surface area contributed by atoms with Crippen LogP contribution in [-0.2, 0) is 25.4 Å². The number of hydrogen-bond donors (Lipinski definition) is 1. The predicted octanol–water partition coefficient (Wildman–Crippen LogP) is 0.629. The summed E-state index contributed by atoms with van der Waals surface area (Å²) in [4.78, 5) is 41.6. The molecule has 2 heterocycles. The van der Waals surface area contributed by atoms with Crippen molar-refractivity contribution in [3.05, 3.63) is 56.2 Å². The molecule has 0 fully saturated rings. The standard InChI is InChI=1S/C18H21N5O3S/c1-11-5-7-12(8-6-11)9-23-16(25)14-15(22(4)18(23)26)20-17(21(14)3)27-10-13(24)19-2/h5-8H,9-10H2,1-4H3,(H,19,24). The van der Waals surface area contributed by atoms with E-state index in [1.807, 2.05) is 31.2 Å². The molecule has 0 saturated carbocycles. The van der Waals surface area contributed by atoms with Gasteiger partial charge in [0.05, 0.1) is 12.3 Å². The molecular formula is C18H21N5O3S. The highest BCUT2D eigenvalue weighted by Gasteiger charge is 2.19. The van der Waals surface area contributed by atoms with Crippen LogP contribution in [0.4, 0.5) is 0 Å². The Kier molecular flexibility index (Phi) is 5.22. The Labute approximate surface area is 159 Å². The number of aryl methyl sites for hydroxylation is 3. The van der Waals surface area contributed by atoms with Crippen LogP contribution in [0.3, 0.4) is 0 Å². The minimum Gasteiger partial charge on any atom is -0.358 e. The average molecular weight is 387 g/mol. The first-order chi connectivity index (χ1) is 12.8. The molecule has 0 spiro atoms. The fourth-order valence-corrected chi connectivity index (χ4v) is 3.61. The second-order valence-corrected chi connectivity index (χ2v) is 7.25. The van der Waals surface area contributed by atoms with Crippen LogP contribution in [0.5, 0.6) is 0 Å². The van der Waals surface area contributed by atoms with Crippen LogP contribution in [-0.4, -0.2) is 37.4 Å². The molecule has 0 aliphatic rings. The number of aromatic nitrogens is 4. The Bertz CT molecular complexity index is 1130. The summed E-state index contributed by atoms with van der Waals surface area (Å²) >= 11 is 1.22. The predicted molar refractivity (Wildman–Crippen MR) is 105 cm³/mol. The summed E-state index contributed by atoms with van der Waals surface area (Å²) in [6.45, 7) is 2.17. The van der Waals surface area contributed by atoms with Crippen molar-refractivity contribution in [2.24, 2.45) is 14.1 Å². The lowest BCUT2D eigenvalue weighted by atomic mass is 10.1. The molecular weight excluding hydrogens is 366 g/mol. The van der Waals surface area contributed by atoms with Crippen molar-refractivity contribution < 1.29 is 4.79 Å². The molecule has 0 radical (unpaired) electrons. The molecule has 27 heavy (non-hydrogen) atoms. The van der Waals surface area contributed by atoms with Gasteiger partial charge in [0.25, 0.3) is 5.56 Å². The number of amides is 1. The summed E-state index contributed by atoms with van der Waals surface area (Å²) in [6, 6.07) is 7.69. The monoisotopic (exact) mass is 387 g/mol. The molecule has 3 rings (SSSR count). The van der Waals surface area contributed by atoms with Gasteiger partial charge in [-0.1, -0.05) is 41.6 Å². The lowest BCUT2D eigenvalue weighted by molar-refractivity contribution is -0.118. The van der Waals surface area contributed by atoms with E-state index in [0.29, 0.717) is 16.3 Å². The van der Waals surface area contributed by atoms with Crippen molar-refractivity contribution in [3.63, 3.8) is 0 Å². The molecule has 0 saturated heterocycles. The summed E-state index contributed by atoms with van der Waals surface area (Å²) < 4.78 is 4.22. The molecule has 9 heteroatoms. The molecule has 0 atom stereocenters. The molecule has 8 nitrogen and oxygen atoms in total. The van der Waals surface area contributed by atoms with E-state index >= 15 is 0 Å². The highest BCUT2D eigenvalue weighted by atomic mass is 32.2. The lowest BCUT2D eigenvalue weighted by Crippen LogP contribution is -2.39. The van der Waals surface area contributed by atoms with Crippen LogP contribution in [0, 0.1) is 6.92 Å². The molecule has 3 aromatic rings. The fraction of sp³-hybridized carbons (Fsp3) is 0.333. The largest absolute Gasteiger partial charge is 0.358 e. The number of fused-ring (bicyclic) bond motifs is 1. The second kappa shape index (κ2) is 7.43. The van der Waals surface area contributed by atoms with Gasteiger partial charge in [0.15, 0.2) is 16.3 Å². The number of thioether (sulfide) groups is 1. The van der Waals surface area contributed by atoms with Gasteiger partial charge in [-0.15, -0.1) is 0 Å². The van der Waals surface area contributed by atoms with Crippen molar-refractivity contribution in [3.8, 4) is 0 Å². The van der Waals surface area contributed by atoms with Gasteiger partial charge in [-0.05, 0) is 12.5 Å². The number of nitrogens with zero attached hydrogens (tertiary/aromatic N) is 4. The Balaban J connectivity index is 2.10. The number of carbonyl (C=O) groups excluding carboxylic acids is 1. The minimum atomic E-state index is -0.422. The number of rotatable bonds is 5. The Morgan fingerprint density at radius 1 is 1.15 bits per heavy atom. The topological polar surface area (TPSA) is 90.9 Å². The minimum absolute atomic E-state index is 0.141. The van der Waals surface area contributed by atoms with E-state index in [1.54, 1.807) is 25.7 Å². The second-order valence-electron chi connectivity index (χ2n) is 6.31. The van der Waals surface area contributed by atoms with Crippen molar-refractivity contribution in [2.75, 3.05) is 12.8 Å².